The van der Waals surface area contributed by atoms with E-state index in [1.165, 1.54) is 7.11 Å². The molecule has 0 unspecified atom stereocenters. The van der Waals surface area contributed by atoms with Gasteiger partial charge in [-0.05, 0) is 13.8 Å². The molecule has 0 heterocycles. The Morgan fingerprint density at radius 3 is 2.36 bits per heavy atom. The molecule has 0 bridgehead atoms. The molecule has 0 saturated carbocycles. The van der Waals surface area contributed by atoms with Crippen molar-refractivity contribution < 1.29 is 9.53 Å². The van der Waals surface area contributed by atoms with E-state index < -0.39 is 0 Å². The zero-order valence-corrected chi connectivity index (χ0v) is 6.97. The van der Waals surface area contributed by atoms with Crippen molar-refractivity contribution >= 4 is 5.97 Å². The fourth-order valence-electron chi connectivity index (χ4n) is 0.545. The number of hydrogen-bond donors (Lipinski definition) is 0. The fourth-order valence-corrected chi connectivity index (χ4v) is 0.545. The molecule has 0 fully saturated rings. The van der Waals surface area contributed by atoms with Gasteiger partial charge >= 0.3 is 5.97 Å². The highest BCUT2D eigenvalue weighted by molar-refractivity contribution is 5.73. The molecular formula is C8H11NO2. The number of methoxy groups -OCH3 is 1. The van der Waals surface area contributed by atoms with E-state index in [4.69, 9.17) is 5.26 Å². The summed E-state index contributed by atoms with van der Waals surface area (Å²) >= 11 is 0. The largest absolute Gasteiger partial charge is 0.469 e. The van der Waals surface area contributed by atoms with Gasteiger partial charge < -0.3 is 4.74 Å². The summed E-state index contributed by atoms with van der Waals surface area (Å²) in [6, 6.07) is 1.95. The summed E-state index contributed by atoms with van der Waals surface area (Å²) < 4.78 is 4.41. The standard InChI is InChI=1S/C8H11NO2/c1-6(2)7(5-9)4-8(10)11-3/h4H2,1-3H3. The minimum atomic E-state index is -0.372. The zero-order chi connectivity index (χ0) is 8.85. The first-order chi connectivity index (χ1) is 5.11. The lowest BCUT2D eigenvalue weighted by molar-refractivity contribution is -0.139. The first-order valence-corrected chi connectivity index (χ1v) is 3.25. The average Bonchev–Trinajstić information content (AvgIpc) is 1.99. The van der Waals surface area contributed by atoms with Gasteiger partial charge in [0.2, 0.25) is 0 Å². The van der Waals surface area contributed by atoms with Crippen LogP contribution in [0.3, 0.4) is 0 Å². The predicted octanol–water partition coefficient (Wildman–Crippen LogP) is 1.41. The Bertz CT molecular complexity index is 219. The number of hydrogen-bond acceptors (Lipinski definition) is 3. The van der Waals surface area contributed by atoms with Crippen LogP contribution in [-0.4, -0.2) is 13.1 Å². The van der Waals surface area contributed by atoms with Crippen LogP contribution < -0.4 is 0 Å². The Kier molecular flexibility index (Phi) is 3.97. The molecule has 0 atom stereocenters. The van der Waals surface area contributed by atoms with Gasteiger partial charge in [0, 0.05) is 5.57 Å². The van der Waals surface area contributed by atoms with Gasteiger partial charge in [-0.25, -0.2) is 0 Å². The second kappa shape index (κ2) is 4.51. The van der Waals surface area contributed by atoms with Gasteiger partial charge in [-0.2, -0.15) is 5.26 Å². The summed E-state index contributed by atoms with van der Waals surface area (Å²) in [5.74, 6) is -0.372. The minimum Gasteiger partial charge on any atom is -0.469 e. The van der Waals surface area contributed by atoms with Crippen LogP contribution in [0.2, 0.25) is 0 Å². The molecule has 0 aromatic rings. The van der Waals surface area contributed by atoms with Crippen molar-refractivity contribution in [1.82, 2.24) is 0 Å². The smallest absolute Gasteiger partial charge is 0.310 e. The van der Waals surface area contributed by atoms with E-state index in [0.29, 0.717) is 5.57 Å². The summed E-state index contributed by atoms with van der Waals surface area (Å²) in [7, 11) is 1.31. The van der Waals surface area contributed by atoms with E-state index in [0.717, 1.165) is 5.57 Å². The highest BCUT2D eigenvalue weighted by Crippen LogP contribution is 2.06. The van der Waals surface area contributed by atoms with Crippen LogP contribution in [-0.2, 0) is 9.53 Å². The summed E-state index contributed by atoms with van der Waals surface area (Å²) in [6.45, 7) is 3.59. The van der Waals surface area contributed by atoms with E-state index in [1.807, 2.05) is 6.07 Å². The van der Waals surface area contributed by atoms with Crippen LogP contribution in [0.1, 0.15) is 20.3 Å². The maximum Gasteiger partial charge on any atom is 0.310 e. The van der Waals surface area contributed by atoms with Gasteiger partial charge in [-0.1, -0.05) is 5.57 Å². The lowest BCUT2D eigenvalue weighted by atomic mass is 10.1. The second-order valence-corrected chi connectivity index (χ2v) is 2.34. The lowest BCUT2D eigenvalue weighted by Gasteiger charge is -1.98. The average molecular weight is 153 g/mol. The lowest BCUT2D eigenvalue weighted by Crippen LogP contribution is -2.01. The van der Waals surface area contributed by atoms with Crippen molar-refractivity contribution in [1.29, 1.82) is 5.26 Å². The van der Waals surface area contributed by atoms with Crippen LogP contribution in [0, 0.1) is 11.3 Å². The first-order valence-electron chi connectivity index (χ1n) is 3.25. The molecule has 0 saturated heterocycles. The normalized spacial score (nSPS) is 8.18. The number of carbonyl (C=O) groups is 1. The molecule has 11 heavy (non-hydrogen) atoms. The molecular weight excluding hydrogens is 142 g/mol. The predicted molar refractivity (Wildman–Crippen MR) is 40.6 cm³/mol. The second-order valence-electron chi connectivity index (χ2n) is 2.34. The van der Waals surface area contributed by atoms with Crippen LogP contribution in [0.25, 0.3) is 0 Å². The molecule has 0 rings (SSSR count). The van der Waals surface area contributed by atoms with Crippen LogP contribution >= 0.6 is 0 Å². The van der Waals surface area contributed by atoms with Crippen molar-refractivity contribution in [2.45, 2.75) is 20.3 Å². The van der Waals surface area contributed by atoms with Gasteiger partial charge in [0.15, 0.2) is 0 Å². The maximum absolute atomic E-state index is 10.7. The van der Waals surface area contributed by atoms with Crippen LogP contribution in [0.5, 0.6) is 0 Å². The Morgan fingerprint density at radius 1 is 1.55 bits per heavy atom. The molecule has 0 aromatic carbocycles. The number of rotatable bonds is 2. The third-order valence-electron chi connectivity index (χ3n) is 1.29. The Labute approximate surface area is 66.3 Å². The summed E-state index contributed by atoms with van der Waals surface area (Å²) in [6.07, 6.45) is 0.0787. The molecule has 0 spiro atoms. The highest BCUT2D eigenvalue weighted by Gasteiger charge is 2.05. The molecule has 3 nitrogen and oxygen atoms in total. The van der Waals surface area contributed by atoms with Crippen molar-refractivity contribution in [3.63, 3.8) is 0 Å². The SMILES string of the molecule is COC(=O)CC(C#N)=C(C)C. The molecule has 60 valence electrons. The Morgan fingerprint density at radius 2 is 2.09 bits per heavy atom. The van der Waals surface area contributed by atoms with Gasteiger partial charge in [-0.3, -0.25) is 4.79 Å². The number of ether oxygens (including phenoxy) is 1. The summed E-state index contributed by atoms with van der Waals surface area (Å²) in [5.41, 5.74) is 1.34. The van der Waals surface area contributed by atoms with Crippen molar-refractivity contribution in [2.24, 2.45) is 0 Å². The Hall–Kier alpha value is -1.30. The van der Waals surface area contributed by atoms with E-state index >= 15 is 0 Å². The van der Waals surface area contributed by atoms with E-state index in [1.54, 1.807) is 13.8 Å². The summed E-state index contributed by atoms with van der Waals surface area (Å²) in [4.78, 5) is 10.7. The maximum atomic E-state index is 10.7. The number of esters is 1. The Balaban J connectivity index is 4.26. The zero-order valence-electron chi connectivity index (χ0n) is 6.97. The van der Waals surface area contributed by atoms with E-state index in [2.05, 4.69) is 4.74 Å². The monoisotopic (exact) mass is 153 g/mol. The molecule has 0 aliphatic rings. The van der Waals surface area contributed by atoms with E-state index in [-0.39, 0.29) is 12.4 Å². The molecule has 0 radical (unpaired) electrons. The fraction of sp³-hybridized carbons (Fsp3) is 0.500. The molecule has 0 amide bonds. The van der Waals surface area contributed by atoms with Gasteiger partial charge in [0.1, 0.15) is 0 Å². The van der Waals surface area contributed by atoms with Crippen molar-refractivity contribution in [3.8, 4) is 6.07 Å². The third-order valence-corrected chi connectivity index (χ3v) is 1.29. The minimum absolute atomic E-state index is 0.0787. The van der Waals surface area contributed by atoms with Crippen molar-refractivity contribution in [3.05, 3.63) is 11.1 Å². The van der Waals surface area contributed by atoms with Crippen molar-refractivity contribution in [2.75, 3.05) is 7.11 Å². The van der Waals surface area contributed by atoms with Gasteiger partial charge in [0.05, 0.1) is 19.6 Å². The molecule has 0 aromatic heterocycles. The third kappa shape index (κ3) is 3.41. The highest BCUT2D eigenvalue weighted by atomic mass is 16.5. The van der Waals surface area contributed by atoms with Crippen LogP contribution in [0.15, 0.2) is 11.1 Å². The molecule has 0 aliphatic heterocycles. The molecule has 3 heteroatoms. The summed E-state index contributed by atoms with van der Waals surface area (Å²) in [5, 5.41) is 8.53. The number of allylic oxidation sites excluding steroid dienone is 1. The van der Waals surface area contributed by atoms with Gasteiger partial charge in [0.25, 0.3) is 0 Å². The quantitative estimate of drug-likeness (QED) is 0.445. The molecule has 0 N–H and O–H groups in total. The first kappa shape index (κ1) is 9.70. The van der Waals surface area contributed by atoms with E-state index in [9.17, 15) is 4.79 Å². The van der Waals surface area contributed by atoms with Crippen LogP contribution in [0.4, 0.5) is 0 Å². The number of nitriles is 1. The van der Waals surface area contributed by atoms with Gasteiger partial charge in [-0.15, -0.1) is 0 Å². The number of nitrogens with zero attached hydrogens (tertiary/aromatic N) is 1. The topological polar surface area (TPSA) is 50.1 Å². The number of carbonyl (C=O) groups excluding carboxylic acids is 1. The molecule has 0 aliphatic carbocycles.